The topological polar surface area (TPSA) is 57.7 Å². The van der Waals surface area contributed by atoms with Crippen LogP contribution in [0.15, 0.2) is 23.1 Å². The van der Waals surface area contributed by atoms with Gasteiger partial charge < -0.3 is 4.90 Å². The normalized spacial score (nSPS) is 22.1. The van der Waals surface area contributed by atoms with E-state index in [-0.39, 0.29) is 5.91 Å². The third-order valence-corrected chi connectivity index (χ3v) is 7.19. The van der Waals surface area contributed by atoms with E-state index in [2.05, 4.69) is 0 Å². The van der Waals surface area contributed by atoms with Gasteiger partial charge >= 0.3 is 0 Å². The molecule has 5 nitrogen and oxygen atoms in total. The Balaban J connectivity index is 1.98. The molecule has 0 spiro atoms. The molecule has 0 N–H and O–H groups in total. The lowest BCUT2D eigenvalue weighted by Crippen LogP contribution is -2.34. The average Bonchev–Trinajstić information content (AvgIpc) is 2.67. The summed E-state index contributed by atoms with van der Waals surface area (Å²) < 4.78 is 27.7. The standard InChI is InChI=1S/C18H26N2O3S/c1-18(2)15-13-14(9-10-16(15)19(3)17(18)21)24(22,23)20-11-7-5-4-6-8-12-20/h9-10,13H,4-8,11-12H2,1-3H3. The van der Waals surface area contributed by atoms with E-state index in [0.29, 0.717) is 18.0 Å². The van der Waals surface area contributed by atoms with Crippen molar-refractivity contribution in [2.45, 2.75) is 56.3 Å². The van der Waals surface area contributed by atoms with Gasteiger partial charge in [-0.05, 0) is 50.5 Å². The third-order valence-electron chi connectivity index (χ3n) is 5.29. The van der Waals surface area contributed by atoms with Gasteiger partial charge in [0.1, 0.15) is 0 Å². The molecule has 132 valence electrons. The number of hydrogen-bond acceptors (Lipinski definition) is 3. The fraction of sp³-hybridized carbons (Fsp3) is 0.611. The summed E-state index contributed by atoms with van der Waals surface area (Å²) in [6.45, 7) is 4.87. The van der Waals surface area contributed by atoms with Crippen molar-refractivity contribution in [2.75, 3.05) is 25.0 Å². The van der Waals surface area contributed by atoms with Crippen molar-refractivity contribution < 1.29 is 13.2 Å². The van der Waals surface area contributed by atoms with Crippen molar-refractivity contribution in [3.8, 4) is 0 Å². The number of anilines is 1. The van der Waals surface area contributed by atoms with Gasteiger partial charge in [0.05, 0.1) is 10.3 Å². The minimum atomic E-state index is -3.50. The van der Waals surface area contributed by atoms with Gasteiger partial charge in [-0.25, -0.2) is 8.42 Å². The van der Waals surface area contributed by atoms with E-state index < -0.39 is 15.4 Å². The Kier molecular flexibility index (Phi) is 4.47. The number of rotatable bonds is 2. The van der Waals surface area contributed by atoms with Gasteiger partial charge in [0.25, 0.3) is 0 Å². The number of amides is 1. The Bertz CT molecular complexity index is 748. The highest BCUT2D eigenvalue weighted by Crippen LogP contribution is 2.42. The van der Waals surface area contributed by atoms with Gasteiger partial charge in [0.2, 0.25) is 15.9 Å². The first-order valence-electron chi connectivity index (χ1n) is 8.69. The van der Waals surface area contributed by atoms with Gasteiger partial charge in [0.15, 0.2) is 0 Å². The van der Waals surface area contributed by atoms with E-state index >= 15 is 0 Å². The number of likely N-dealkylation sites (N-methyl/N-ethyl adjacent to an activating group) is 1. The first-order valence-corrected chi connectivity index (χ1v) is 10.1. The molecule has 0 atom stereocenters. The third kappa shape index (κ3) is 2.75. The van der Waals surface area contributed by atoms with Crippen molar-refractivity contribution >= 4 is 21.6 Å². The molecule has 0 aliphatic carbocycles. The highest BCUT2D eigenvalue weighted by Gasteiger charge is 2.43. The number of carbonyl (C=O) groups is 1. The SMILES string of the molecule is CN1C(=O)C(C)(C)c2cc(S(=O)(=O)N3CCCCCCC3)ccc21. The van der Waals surface area contributed by atoms with Crippen LogP contribution in [0.3, 0.4) is 0 Å². The molecule has 2 aliphatic heterocycles. The maximum absolute atomic E-state index is 13.1. The van der Waals surface area contributed by atoms with Gasteiger partial charge in [0, 0.05) is 25.8 Å². The van der Waals surface area contributed by atoms with Gasteiger partial charge in [-0.15, -0.1) is 0 Å². The van der Waals surface area contributed by atoms with Crippen molar-refractivity contribution in [3.05, 3.63) is 23.8 Å². The quantitative estimate of drug-likeness (QED) is 0.824. The second kappa shape index (κ2) is 6.15. The fourth-order valence-corrected chi connectivity index (χ4v) is 5.26. The molecule has 2 aliphatic rings. The Morgan fingerprint density at radius 2 is 1.58 bits per heavy atom. The van der Waals surface area contributed by atoms with E-state index in [9.17, 15) is 13.2 Å². The molecular formula is C18H26N2O3S. The molecule has 1 aromatic rings. The van der Waals surface area contributed by atoms with Crippen LogP contribution in [0.1, 0.15) is 51.5 Å². The van der Waals surface area contributed by atoms with E-state index in [1.807, 2.05) is 13.8 Å². The number of sulfonamides is 1. The zero-order valence-electron chi connectivity index (χ0n) is 14.7. The number of hydrogen-bond donors (Lipinski definition) is 0. The molecule has 24 heavy (non-hydrogen) atoms. The van der Waals surface area contributed by atoms with Crippen LogP contribution in [0, 0.1) is 0 Å². The predicted octanol–water partition coefficient (Wildman–Crippen LogP) is 2.90. The highest BCUT2D eigenvalue weighted by molar-refractivity contribution is 7.89. The number of fused-ring (bicyclic) bond motifs is 1. The molecule has 0 radical (unpaired) electrons. The molecule has 0 bridgehead atoms. The van der Waals surface area contributed by atoms with Gasteiger partial charge in [-0.2, -0.15) is 4.31 Å². The van der Waals surface area contributed by atoms with Crippen LogP contribution in [0.5, 0.6) is 0 Å². The summed E-state index contributed by atoms with van der Waals surface area (Å²) in [6, 6.07) is 5.10. The van der Waals surface area contributed by atoms with Crippen LogP contribution < -0.4 is 4.90 Å². The summed E-state index contributed by atoms with van der Waals surface area (Å²) >= 11 is 0. The summed E-state index contributed by atoms with van der Waals surface area (Å²) in [5.41, 5.74) is 0.908. The van der Waals surface area contributed by atoms with E-state index in [0.717, 1.165) is 36.9 Å². The van der Waals surface area contributed by atoms with Crippen LogP contribution in [-0.2, 0) is 20.2 Å². The second-order valence-corrected chi connectivity index (χ2v) is 9.28. The smallest absolute Gasteiger partial charge is 0.243 e. The lowest BCUT2D eigenvalue weighted by molar-refractivity contribution is -0.121. The van der Waals surface area contributed by atoms with E-state index in [1.54, 1.807) is 34.5 Å². The van der Waals surface area contributed by atoms with Crippen molar-refractivity contribution in [1.82, 2.24) is 4.31 Å². The van der Waals surface area contributed by atoms with Crippen molar-refractivity contribution in [2.24, 2.45) is 0 Å². The summed E-state index contributed by atoms with van der Waals surface area (Å²) in [5.74, 6) is -0.00157. The predicted molar refractivity (Wildman–Crippen MR) is 94.7 cm³/mol. The molecule has 6 heteroatoms. The molecule has 0 saturated carbocycles. The summed E-state index contributed by atoms with van der Waals surface area (Å²) in [7, 11) is -1.77. The van der Waals surface area contributed by atoms with Crippen LogP contribution >= 0.6 is 0 Å². The maximum Gasteiger partial charge on any atom is 0.243 e. The molecule has 3 rings (SSSR count). The zero-order valence-corrected chi connectivity index (χ0v) is 15.5. The molecule has 1 fully saturated rings. The van der Waals surface area contributed by atoms with Crippen LogP contribution in [-0.4, -0.2) is 38.8 Å². The Labute approximate surface area is 144 Å². The average molecular weight is 350 g/mol. The molecule has 1 saturated heterocycles. The lowest BCUT2D eigenvalue weighted by Gasteiger charge is -2.25. The van der Waals surface area contributed by atoms with Gasteiger partial charge in [-0.1, -0.05) is 19.3 Å². The number of nitrogens with zero attached hydrogens (tertiary/aromatic N) is 2. The Morgan fingerprint density at radius 3 is 2.21 bits per heavy atom. The number of benzene rings is 1. The Hall–Kier alpha value is -1.40. The summed E-state index contributed by atoms with van der Waals surface area (Å²) in [6.07, 6.45) is 5.19. The minimum absolute atomic E-state index is 0.00157. The van der Waals surface area contributed by atoms with Crippen LogP contribution in [0.2, 0.25) is 0 Å². The Morgan fingerprint density at radius 1 is 1.00 bits per heavy atom. The molecule has 2 heterocycles. The molecule has 1 aromatic carbocycles. The van der Waals surface area contributed by atoms with Gasteiger partial charge in [-0.3, -0.25) is 4.79 Å². The van der Waals surface area contributed by atoms with Crippen molar-refractivity contribution in [1.29, 1.82) is 0 Å². The lowest BCUT2D eigenvalue weighted by atomic mass is 9.86. The summed E-state index contributed by atoms with van der Waals surface area (Å²) in [5, 5.41) is 0. The van der Waals surface area contributed by atoms with E-state index in [4.69, 9.17) is 0 Å². The minimum Gasteiger partial charge on any atom is -0.314 e. The molecule has 1 amide bonds. The largest absolute Gasteiger partial charge is 0.314 e. The summed E-state index contributed by atoms with van der Waals surface area (Å²) in [4.78, 5) is 14.3. The monoisotopic (exact) mass is 350 g/mol. The molecule has 0 aromatic heterocycles. The van der Waals surface area contributed by atoms with Crippen LogP contribution in [0.25, 0.3) is 0 Å². The van der Waals surface area contributed by atoms with Crippen LogP contribution in [0.4, 0.5) is 5.69 Å². The first-order chi connectivity index (χ1) is 11.3. The first kappa shape index (κ1) is 17.4. The second-order valence-electron chi connectivity index (χ2n) is 7.34. The number of carbonyl (C=O) groups excluding carboxylic acids is 1. The maximum atomic E-state index is 13.1. The fourth-order valence-electron chi connectivity index (χ4n) is 3.72. The molecular weight excluding hydrogens is 324 g/mol. The van der Waals surface area contributed by atoms with E-state index in [1.165, 1.54) is 6.42 Å². The van der Waals surface area contributed by atoms with Crippen molar-refractivity contribution in [3.63, 3.8) is 0 Å². The zero-order chi connectivity index (χ0) is 17.5. The highest BCUT2D eigenvalue weighted by atomic mass is 32.2. The molecule has 0 unspecified atom stereocenters.